The molecule has 1 aromatic carbocycles. The van der Waals surface area contributed by atoms with Crippen LogP contribution in [0, 0.1) is 5.82 Å². The van der Waals surface area contributed by atoms with E-state index in [-0.39, 0.29) is 5.82 Å². The fourth-order valence-corrected chi connectivity index (χ4v) is 2.12. The molecule has 0 aliphatic rings. The Kier molecular flexibility index (Phi) is 5.99. The third-order valence-electron chi connectivity index (χ3n) is 2.82. The summed E-state index contributed by atoms with van der Waals surface area (Å²) in [4.78, 5) is 0. The minimum absolute atomic E-state index is 0.197. The Balaban J connectivity index is 2.40. The number of halogens is 2. The first-order chi connectivity index (χ1) is 7.67. The van der Waals surface area contributed by atoms with Crippen molar-refractivity contribution < 1.29 is 4.39 Å². The zero-order valence-corrected chi connectivity index (χ0v) is 11.5. The first-order valence-corrected chi connectivity index (χ1v) is 6.64. The summed E-state index contributed by atoms with van der Waals surface area (Å²) in [5, 5.41) is 3.49. The smallest absolute Gasteiger partial charge is 0.137 e. The fraction of sp³-hybridized carbons (Fsp3) is 0.538. The molecule has 0 bridgehead atoms. The summed E-state index contributed by atoms with van der Waals surface area (Å²) in [5.41, 5.74) is 1.16. The lowest BCUT2D eigenvalue weighted by Gasteiger charge is -2.14. The molecular weight excluding hydrogens is 269 g/mol. The molecule has 0 aromatic heterocycles. The van der Waals surface area contributed by atoms with Gasteiger partial charge in [0, 0.05) is 6.04 Å². The van der Waals surface area contributed by atoms with Gasteiger partial charge in [0.05, 0.1) is 4.47 Å². The molecule has 1 nitrogen and oxygen atoms in total. The molecule has 0 fully saturated rings. The van der Waals surface area contributed by atoms with Crippen molar-refractivity contribution in [2.75, 3.05) is 6.54 Å². The molecule has 0 spiro atoms. The van der Waals surface area contributed by atoms with E-state index in [1.807, 2.05) is 12.1 Å². The van der Waals surface area contributed by atoms with Gasteiger partial charge in [-0.05, 0) is 59.4 Å². The highest BCUT2D eigenvalue weighted by molar-refractivity contribution is 9.10. The predicted molar refractivity (Wildman–Crippen MR) is 70.2 cm³/mol. The molecule has 0 aliphatic carbocycles. The van der Waals surface area contributed by atoms with Crippen LogP contribution in [-0.2, 0) is 6.42 Å². The van der Waals surface area contributed by atoms with Crippen LogP contribution in [0.25, 0.3) is 0 Å². The van der Waals surface area contributed by atoms with E-state index in [1.54, 1.807) is 0 Å². The lowest BCUT2D eigenvalue weighted by atomic mass is 10.1. The van der Waals surface area contributed by atoms with Gasteiger partial charge in [0.1, 0.15) is 5.82 Å². The molecule has 0 atom stereocenters. The van der Waals surface area contributed by atoms with Gasteiger partial charge in [0.25, 0.3) is 0 Å². The van der Waals surface area contributed by atoms with Crippen LogP contribution in [0.4, 0.5) is 4.39 Å². The summed E-state index contributed by atoms with van der Waals surface area (Å²) in [6.07, 6.45) is 3.25. The quantitative estimate of drug-likeness (QED) is 0.837. The normalized spacial score (nSPS) is 11.1. The van der Waals surface area contributed by atoms with Crippen molar-refractivity contribution in [2.45, 2.75) is 39.2 Å². The Morgan fingerprint density at radius 3 is 2.56 bits per heavy atom. The first-order valence-electron chi connectivity index (χ1n) is 5.84. The summed E-state index contributed by atoms with van der Waals surface area (Å²) >= 11 is 3.20. The van der Waals surface area contributed by atoms with Gasteiger partial charge in [0.15, 0.2) is 0 Å². The van der Waals surface area contributed by atoms with E-state index in [9.17, 15) is 4.39 Å². The highest BCUT2D eigenvalue weighted by Crippen LogP contribution is 2.16. The van der Waals surface area contributed by atoms with E-state index in [1.165, 1.54) is 6.07 Å². The van der Waals surface area contributed by atoms with Crippen molar-refractivity contribution in [3.8, 4) is 0 Å². The zero-order chi connectivity index (χ0) is 12.0. The molecule has 3 heteroatoms. The average molecular weight is 288 g/mol. The number of benzene rings is 1. The number of nitrogens with one attached hydrogen (secondary N) is 1. The van der Waals surface area contributed by atoms with Crippen molar-refractivity contribution in [1.82, 2.24) is 5.32 Å². The van der Waals surface area contributed by atoms with Gasteiger partial charge in [-0.15, -0.1) is 0 Å². The third kappa shape index (κ3) is 4.22. The van der Waals surface area contributed by atoms with E-state index in [0.29, 0.717) is 10.5 Å². The SMILES string of the molecule is CCC(CC)NCCc1ccc(F)c(Br)c1. The molecule has 0 unspecified atom stereocenters. The van der Waals surface area contributed by atoms with Crippen LogP contribution < -0.4 is 5.32 Å². The molecule has 1 rings (SSSR count). The van der Waals surface area contributed by atoms with E-state index >= 15 is 0 Å². The molecule has 90 valence electrons. The topological polar surface area (TPSA) is 12.0 Å². The van der Waals surface area contributed by atoms with Gasteiger partial charge in [-0.1, -0.05) is 19.9 Å². The lowest BCUT2D eigenvalue weighted by molar-refractivity contribution is 0.488. The van der Waals surface area contributed by atoms with E-state index < -0.39 is 0 Å². The van der Waals surface area contributed by atoms with Gasteiger partial charge in [-0.25, -0.2) is 4.39 Å². The van der Waals surface area contributed by atoms with Gasteiger partial charge in [-0.2, -0.15) is 0 Å². The Hall–Kier alpha value is -0.410. The molecular formula is C13H19BrFN. The van der Waals surface area contributed by atoms with E-state index in [0.717, 1.165) is 31.4 Å². The van der Waals surface area contributed by atoms with Gasteiger partial charge in [-0.3, -0.25) is 0 Å². The molecule has 0 radical (unpaired) electrons. The molecule has 1 aromatic rings. The maximum absolute atomic E-state index is 13.0. The van der Waals surface area contributed by atoms with Crippen molar-refractivity contribution in [3.63, 3.8) is 0 Å². The van der Waals surface area contributed by atoms with Crippen LogP contribution in [-0.4, -0.2) is 12.6 Å². The van der Waals surface area contributed by atoms with Crippen LogP contribution in [0.3, 0.4) is 0 Å². The maximum atomic E-state index is 13.0. The third-order valence-corrected chi connectivity index (χ3v) is 3.42. The Labute approximate surface area is 106 Å². The minimum Gasteiger partial charge on any atom is -0.314 e. The largest absolute Gasteiger partial charge is 0.314 e. The molecule has 0 aliphatic heterocycles. The van der Waals surface area contributed by atoms with Gasteiger partial charge in [0.2, 0.25) is 0 Å². The molecule has 0 heterocycles. The predicted octanol–water partition coefficient (Wildman–Crippen LogP) is 3.91. The van der Waals surface area contributed by atoms with Crippen molar-refractivity contribution >= 4 is 15.9 Å². The van der Waals surface area contributed by atoms with Gasteiger partial charge < -0.3 is 5.32 Å². The van der Waals surface area contributed by atoms with E-state index in [2.05, 4.69) is 35.1 Å². The highest BCUT2D eigenvalue weighted by atomic mass is 79.9. The Morgan fingerprint density at radius 2 is 2.00 bits per heavy atom. The summed E-state index contributed by atoms with van der Waals surface area (Å²) in [7, 11) is 0. The first kappa shape index (κ1) is 13.7. The molecule has 1 N–H and O–H groups in total. The van der Waals surface area contributed by atoms with Crippen LogP contribution in [0.1, 0.15) is 32.3 Å². The summed E-state index contributed by atoms with van der Waals surface area (Å²) < 4.78 is 13.5. The Bertz CT molecular complexity index is 324. The second-order valence-corrected chi connectivity index (χ2v) is 4.82. The van der Waals surface area contributed by atoms with Crippen molar-refractivity contribution in [3.05, 3.63) is 34.1 Å². The van der Waals surface area contributed by atoms with Crippen LogP contribution in [0.15, 0.2) is 22.7 Å². The fourth-order valence-electron chi connectivity index (χ4n) is 1.69. The molecule has 16 heavy (non-hydrogen) atoms. The number of rotatable bonds is 6. The standard InChI is InChI=1S/C13H19BrFN/c1-3-11(4-2)16-8-7-10-5-6-13(15)12(14)9-10/h5-6,9,11,16H,3-4,7-8H2,1-2H3. The van der Waals surface area contributed by atoms with Crippen LogP contribution in [0.5, 0.6) is 0 Å². The maximum Gasteiger partial charge on any atom is 0.137 e. The van der Waals surface area contributed by atoms with Gasteiger partial charge >= 0.3 is 0 Å². The highest BCUT2D eigenvalue weighted by Gasteiger charge is 2.03. The zero-order valence-electron chi connectivity index (χ0n) is 9.89. The summed E-state index contributed by atoms with van der Waals surface area (Å²) in [6.45, 7) is 5.33. The average Bonchev–Trinajstić information content (AvgIpc) is 2.29. The summed E-state index contributed by atoms with van der Waals surface area (Å²) in [5.74, 6) is -0.197. The Morgan fingerprint density at radius 1 is 1.31 bits per heavy atom. The second kappa shape index (κ2) is 7.02. The summed E-state index contributed by atoms with van der Waals surface area (Å²) in [6, 6.07) is 5.80. The minimum atomic E-state index is -0.197. The molecule has 0 amide bonds. The van der Waals surface area contributed by atoms with E-state index in [4.69, 9.17) is 0 Å². The second-order valence-electron chi connectivity index (χ2n) is 3.97. The number of hydrogen-bond acceptors (Lipinski definition) is 1. The lowest BCUT2D eigenvalue weighted by Crippen LogP contribution is -2.29. The monoisotopic (exact) mass is 287 g/mol. The van der Waals surface area contributed by atoms with Crippen molar-refractivity contribution in [1.29, 1.82) is 0 Å². The van der Waals surface area contributed by atoms with Crippen molar-refractivity contribution in [2.24, 2.45) is 0 Å². The molecule has 0 saturated heterocycles. The van der Waals surface area contributed by atoms with Crippen LogP contribution >= 0.6 is 15.9 Å². The number of hydrogen-bond donors (Lipinski definition) is 1. The van der Waals surface area contributed by atoms with Crippen LogP contribution in [0.2, 0.25) is 0 Å². The molecule has 0 saturated carbocycles.